The van der Waals surface area contributed by atoms with E-state index in [0.29, 0.717) is 5.75 Å². The van der Waals surface area contributed by atoms with Crippen molar-refractivity contribution in [3.8, 4) is 5.75 Å². The van der Waals surface area contributed by atoms with Crippen molar-refractivity contribution >= 4 is 11.6 Å². The first-order chi connectivity index (χ1) is 9.58. The summed E-state index contributed by atoms with van der Waals surface area (Å²) >= 11 is 0. The Morgan fingerprint density at radius 3 is 2.70 bits per heavy atom. The topological polar surface area (TPSA) is 64.3 Å². The van der Waals surface area contributed by atoms with Gasteiger partial charge >= 0.3 is 0 Å². The van der Waals surface area contributed by atoms with Gasteiger partial charge in [0.2, 0.25) is 5.91 Å². The number of ether oxygens (including phenoxy) is 1. The number of rotatable bonds is 4. The number of para-hydroxylation sites is 2. The summed E-state index contributed by atoms with van der Waals surface area (Å²) in [6, 6.07) is 7.51. The molecule has 1 saturated carbocycles. The van der Waals surface area contributed by atoms with Crippen molar-refractivity contribution in [2.45, 2.75) is 51.7 Å². The minimum absolute atomic E-state index is 0.0111. The van der Waals surface area contributed by atoms with E-state index in [0.717, 1.165) is 31.4 Å². The Kier molecular flexibility index (Phi) is 5.01. The van der Waals surface area contributed by atoms with Crippen molar-refractivity contribution in [2.24, 2.45) is 11.7 Å². The number of hydrogen-bond donors (Lipinski definition) is 2. The van der Waals surface area contributed by atoms with E-state index in [-0.39, 0.29) is 24.0 Å². The van der Waals surface area contributed by atoms with Crippen LogP contribution in [0.25, 0.3) is 0 Å². The molecule has 4 nitrogen and oxygen atoms in total. The number of carbonyl (C=O) groups is 1. The molecule has 1 aromatic rings. The highest BCUT2D eigenvalue weighted by Gasteiger charge is 2.28. The largest absolute Gasteiger partial charge is 0.489 e. The van der Waals surface area contributed by atoms with Gasteiger partial charge in [-0.3, -0.25) is 4.79 Å². The molecule has 1 aliphatic rings. The quantitative estimate of drug-likeness (QED) is 0.888. The van der Waals surface area contributed by atoms with Crippen molar-refractivity contribution in [2.75, 3.05) is 5.32 Å². The number of anilines is 1. The third-order valence-electron chi connectivity index (χ3n) is 3.66. The first-order valence-electron chi connectivity index (χ1n) is 7.40. The fourth-order valence-corrected chi connectivity index (χ4v) is 2.64. The van der Waals surface area contributed by atoms with E-state index in [1.807, 2.05) is 38.1 Å². The molecule has 0 radical (unpaired) electrons. The molecule has 0 aromatic heterocycles. The molecule has 2 atom stereocenters. The lowest BCUT2D eigenvalue weighted by Crippen LogP contribution is -2.40. The summed E-state index contributed by atoms with van der Waals surface area (Å²) in [6.07, 6.45) is 4.08. The van der Waals surface area contributed by atoms with Crippen LogP contribution in [0.1, 0.15) is 39.5 Å². The first kappa shape index (κ1) is 14.9. The number of carbonyl (C=O) groups excluding carboxylic acids is 1. The molecular formula is C16H24N2O2. The second-order valence-electron chi connectivity index (χ2n) is 5.71. The summed E-state index contributed by atoms with van der Waals surface area (Å²) in [5.41, 5.74) is 6.79. The van der Waals surface area contributed by atoms with Crippen molar-refractivity contribution < 1.29 is 9.53 Å². The van der Waals surface area contributed by atoms with Gasteiger partial charge < -0.3 is 15.8 Å². The summed E-state index contributed by atoms with van der Waals surface area (Å²) in [6.45, 7) is 3.94. The van der Waals surface area contributed by atoms with Crippen LogP contribution in [-0.2, 0) is 4.79 Å². The third-order valence-corrected chi connectivity index (χ3v) is 3.66. The molecule has 20 heavy (non-hydrogen) atoms. The predicted molar refractivity (Wildman–Crippen MR) is 80.8 cm³/mol. The Hall–Kier alpha value is -1.55. The second-order valence-corrected chi connectivity index (χ2v) is 5.71. The minimum Gasteiger partial charge on any atom is -0.489 e. The molecule has 0 heterocycles. The van der Waals surface area contributed by atoms with Crippen LogP contribution in [0, 0.1) is 5.92 Å². The highest BCUT2D eigenvalue weighted by molar-refractivity contribution is 5.94. The molecule has 2 unspecified atom stereocenters. The third kappa shape index (κ3) is 3.73. The molecule has 1 aromatic carbocycles. The van der Waals surface area contributed by atoms with Crippen LogP contribution in [0.2, 0.25) is 0 Å². The molecule has 1 amide bonds. The minimum atomic E-state index is -0.0872. The number of benzene rings is 1. The molecule has 0 aliphatic heterocycles. The van der Waals surface area contributed by atoms with E-state index in [1.54, 1.807) is 0 Å². The van der Waals surface area contributed by atoms with Gasteiger partial charge in [-0.05, 0) is 38.8 Å². The SMILES string of the molecule is CC(C)Oc1ccccc1NC(=O)C1CCCCC1N. The van der Waals surface area contributed by atoms with Gasteiger partial charge in [-0.15, -0.1) is 0 Å². The number of amides is 1. The molecule has 4 heteroatoms. The summed E-state index contributed by atoms with van der Waals surface area (Å²) in [5, 5.41) is 2.97. The van der Waals surface area contributed by atoms with E-state index in [1.165, 1.54) is 0 Å². The van der Waals surface area contributed by atoms with E-state index in [4.69, 9.17) is 10.5 Å². The standard InChI is InChI=1S/C16H24N2O2/c1-11(2)20-15-10-6-5-9-14(15)18-16(19)12-7-3-4-8-13(12)17/h5-6,9-13H,3-4,7-8,17H2,1-2H3,(H,18,19). The molecule has 0 bridgehead atoms. The maximum Gasteiger partial charge on any atom is 0.229 e. The smallest absolute Gasteiger partial charge is 0.229 e. The van der Waals surface area contributed by atoms with Crippen LogP contribution in [-0.4, -0.2) is 18.1 Å². The van der Waals surface area contributed by atoms with Gasteiger partial charge in [0.25, 0.3) is 0 Å². The predicted octanol–water partition coefficient (Wildman–Crippen LogP) is 2.93. The average Bonchev–Trinajstić information content (AvgIpc) is 2.41. The average molecular weight is 276 g/mol. The molecular weight excluding hydrogens is 252 g/mol. The molecule has 110 valence electrons. The normalized spacial score (nSPS) is 22.6. The van der Waals surface area contributed by atoms with Gasteiger partial charge in [0, 0.05) is 6.04 Å². The molecule has 2 rings (SSSR count). The molecule has 0 saturated heterocycles. The lowest BCUT2D eigenvalue weighted by atomic mass is 9.84. The van der Waals surface area contributed by atoms with Crippen LogP contribution in [0.3, 0.4) is 0 Å². The zero-order chi connectivity index (χ0) is 14.5. The zero-order valence-electron chi connectivity index (χ0n) is 12.3. The number of nitrogens with one attached hydrogen (secondary N) is 1. The van der Waals surface area contributed by atoms with Crippen molar-refractivity contribution in [1.82, 2.24) is 0 Å². The van der Waals surface area contributed by atoms with Gasteiger partial charge in [-0.25, -0.2) is 0 Å². The Morgan fingerprint density at radius 2 is 2.00 bits per heavy atom. The monoisotopic (exact) mass is 276 g/mol. The highest BCUT2D eigenvalue weighted by atomic mass is 16.5. The van der Waals surface area contributed by atoms with Gasteiger partial charge in [0.15, 0.2) is 0 Å². The zero-order valence-corrected chi connectivity index (χ0v) is 12.3. The Labute approximate surface area is 120 Å². The van der Waals surface area contributed by atoms with Gasteiger partial charge in [-0.2, -0.15) is 0 Å². The molecule has 1 fully saturated rings. The molecule has 0 spiro atoms. The summed E-state index contributed by atoms with van der Waals surface area (Å²) in [7, 11) is 0. The van der Waals surface area contributed by atoms with Crippen molar-refractivity contribution in [1.29, 1.82) is 0 Å². The van der Waals surface area contributed by atoms with Gasteiger partial charge in [0.1, 0.15) is 5.75 Å². The summed E-state index contributed by atoms with van der Waals surface area (Å²) in [5.74, 6) is 0.632. The fraction of sp³-hybridized carbons (Fsp3) is 0.562. The van der Waals surface area contributed by atoms with Gasteiger partial charge in [0.05, 0.1) is 17.7 Å². The first-order valence-corrected chi connectivity index (χ1v) is 7.40. The van der Waals surface area contributed by atoms with Crippen LogP contribution in [0.5, 0.6) is 5.75 Å². The fourth-order valence-electron chi connectivity index (χ4n) is 2.64. The van der Waals surface area contributed by atoms with E-state index in [9.17, 15) is 4.79 Å². The van der Waals surface area contributed by atoms with Crippen molar-refractivity contribution in [3.05, 3.63) is 24.3 Å². The maximum atomic E-state index is 12.4. The number of hydrogen-bond acceptors (Lipinski definition) is 3. The van der Waals surface area contributed by atoms with E-state index < -0.39 is 0 Å². The second kappa shape index (κ2) is 6.75. The Morgan fingerprint density at radius 1 is 1.30 bits per heavy atom. The lowest BCUT2D eigenvalue weighted by molar-refractivity contribution is -0.121. The van der Waals surface area contributed by atoms with Gasteiger partial charge in [-0.1, -0.05) is 25.0 Å². The summed E-state index contributed by atoms with van der Waals surface area (Å²) in [4.78, 5) is 12.4. The summed E-state index contributed by atoms with van der Waals surface area (Å²) < 4.78 is 5.71. The Bertz CT molecular complexity index is 460. The van der Waals surface area contributed by atoms with Crippen LogP contribution in [0.15, 0.2) is 24.3 Å². The van der Waals surface area contributed by atoms with Crippen LogP contribution < -0.4 is 15.8 Å². The van der Waals surface area contributed by atoms with E-state index in [2.05, 4.69) is 5.32 Å². The molecule has 3 N–H and O–H groups in total. The molecule has 1 aliphatic carbocycles. The Balaban J connectivity index is 2.07. The van der Waals surface area contributed by atoms with Crippen LogP contribution >= 0.6 is 0 Å². The number of nitrogens with two attached hydrogens (primary N) is 1. The lowest BCUT2D eigenvalue weighted by Gasteiger charge is -2.27. The van der Waals surface area contributed by atoms with Crippen LogP contribution in [0.4, 0.5) is 5.69 Å². The maximum absolute atomic E-state index is 12.4. The highest BCUT2D eigenvalue weighted by Crippen LogP contribution is 2.28. The van der Waals surface area contributed by atoms with Crippen molar-refractivity contribution in [3.63, 3.8) is 0 Å². The van der Waals surface area contributed by atoms with E-state index >= 15 is 0 Å².